The molecule has 0 fully saturated rings. The van der Waals surface area contributed by atoms with Crippen molar-refractivity contribution in [3.63, 3.8) is 0 Å². The molecule has 1 amide bonds. The average molecular weight is 539 g/mol. The molecule has 0 spiro atoms. The molecule has 0 heterocycles. The summed E-state index contributed by atoms with van der Waals surface area (Å²) >= 11 is 0. The molecule has 0 saturated heterocycles. The van der Waals surface area contributed by atoms with Crippen LogP contribution in [-0.2, 0) is 19.1 Å². The summed E-state index contributed by atoms with van der Waals surface area (Å²) in [6.45, 7) is 4.74. The number of carboxylic acid groups (broad SMARTS) is 1. The summed E-state index contributed by atoms with van der Waals surface area (Å²) < 4.78 is 5.74. The number of carboxylic acids is 1. The van der Waals surface area contributed by atoms with E-state index < -0.39 is 12.0 Å². The second-order valence-electron chi connectivity index (χ2n) is 10.5. The monoisotopic (exact) mass is 538 g/mol. The van der Waals surface area contributed by atoms with Crippen LogP contribution in [0.5, 0.6) is 0 Å². The van der Waals surface area contributed by atoms with Gasteiger partial charge in [0.2, 0.25) is 5.91 Å². The van der Waals surface area contributed by atoms with E-state index in [1.807, 2.05) is 0 Å². The molecule has 2 atom stereocenters. The van der Waals surface area contributed by atoms with Gasteiger partial charge in [-0.2, -0.15) is 0 Å². The number of nitrogens with one attached hydrogen (secondary N) is 1. The highest BCUT2D eigenvalue weighted by Crippen LogP contribution is 2.16. The SMILES string of the molecule is CCCCCC/C=C\CCCCCCCC(=O)OC(CCC)CCCCCC(=O)NC(CCCN)C(=O)O. The van der Waals surface area contributed by atoms with Gasteiger partial charge in [0, 0.05) is 12.8 Å². The predicted octanol–water partition coefficient (Wildman–Crippen LogP) is 7.21. The molecule has 2 unspecified atom stereocenters. The molecule has 7 nitrogen and oxygen atoms in total. The van der Waals surface area contributed by atoms with E-state index in [0.717, 1.165) is 51.4 Å². The minimum Gasteiger partial charge on any atom is -0.480 e. The van der Waals surface area contributed by atoms with Gasteiger partial charge in [-0.05, 0) is 77.2 Å². The van der Waals surface area contributed by atoms with Gasteiger partial charge in [-0.15, -0.1) is 0 Å². The second-order valence-corrected chi connectivity index (χ2v) is 10.5. The summed E-state index contributed by atoms with van der Waals surface area (Å²) in [6, 6.07) is -0.869. The van der Waals surface area contributed by atoms with Crippen molar-refractivity contribution in [2.75, 3.05) is 6.54 Å². The summed E-state index contributed by atoms with van der Waals surface area (Å²) in [5.74, 6) is -1.35. The van der Waals surface area contributed by atoms with Crippen LogP contribution < -0.4 is 11.1 Å². The number of carbonyl (C=O) groups excluding carboxylic acids is 2. The number of allylic oxidation sites excluding steroid dienone is 2. The largest absolute Gasteiger partial charge is 0.480 e. The maximum atomic E-state index is 12.3. The van der Waals surface area contributed by atoms with Crippen LogP contribution in [0, 0.1) is 0 Å². The topological polar surface area (TPSA) is 119 Å². The first-order valence-electron chi connectivity index (χ1n) is 15.5. The Balaban J connectivity index is 3.88. The molecule has 0 aromatic carbocycles. The number of hydrogen-bond acceptors (Lipinski definition) is 5. The normalized spacial score (nSPS) is 12.9. The zero-order valence-corrected chi connectivity index (χ0v) is 24.5. The van der Waals surface area contributed by atoms with Crippen LogP contribution in [0.1, 0.15) is 149 Å². The first-order valence-corrected chi connectivity index (χ1v) is 15.5. The van der Waals surface area contributed by atoms with Crippen LogP contribution in [0.15, 0.2) is 12.2 Å². The lowest BCUT2D eigenvalue weighted by Gasteiger charge is -2.17. The molecule has 0 radical (unpaired) electrons. The maximum Gasteiger partial charge on any atom is 0.326 e. The Morgan fingerprint density at radius 3 is 1.97 bits per heavy atom. The highest BCUT2D eigenvalue weighted by Gasteiger charge is 2.19. The number of hydrogen-bond donors (Lipinski definition) is 3. The van der Waals surface area contributed by atoms with Gasteiger partial charge in [0.15, 0.2) is 0 Å². The Kier molecular flexibility index (Phi) is 25.4. The molecule has 4 N–H and O–H groups in total. The van der Waals surface area contributed by atoms with Gasteiger partial charge in [0.05, 0.1) is 0 Å². The molecule has 0 rings (SSSR count). The van der Waals surface area contributed by atoms with Crippen molar-refractivity contribution in [1.29, 1.82) is 0 Å². The molecule has 0 aliphatic carbocycles. The van der Waals surface area contributed by atoms with Crippen LogP contribution in [0.2, 0.25) is 0 Å². The third-order valence-electron chi connectivity index (χ3n) is 6.81. The van der Waals surface area contributed by atoms with E-state index in [1.165, 1.54) is 51.4 Å². The molecule has 0 aliphatic rings. The smallest absolute Gasteiger partial charge is 0.326 e. The lowest BCUT2D eigenvalue weighted by molar-refractivity contribution is -0.150. The maximum absolute atomic E-state index is 12.3. The van der Waals surface area contributed by atoms with E-state index >= 15 is 0 Å². The number of rotatable bonds is 27. The number of amides is 1. The van der Waals surface area contributed by atoms with Crippen LogP contribution >= 0.6 is 0 Å². The van der Waals surface area contributed by atoms with Gasteiger partial charge in [-0.25, -0.2) is 4.79 Å². The Bertz CT molecular complexity index is 623. The lowest BCUT2D eigenvalue weighted by atomic mass is 10.0. The molecule has 38 heavy (non-hydrogen) atoms. The van der Waals surface area contributed by atoms with Gasteiger partial charge in [-0.1, -0.05) is 77.4 Å². The van der Waals surface area contributed by atoms with Gasteiger partial charge < -0.3 is 20.9 Å². The first-order chi connectivity index (χ1) is 18.4. The summed E-state index contributed by atoms with van der Waals surface area (Å²) in [4.78, 5) is 35.6. The average Bonchev–Trinajstić information content (AvgIpc) is 2.88. The Labute approximate surface area is 232 Å². The minimum absolute atomic E-state index is 0.0530. The first kappa shape index (κ1) is 36.1. The minimum atomic E-state index is -1.02. The Hall–Kier alpha value is -1.89. The lowest BCUT2D eigenvalue weighted by Crippen LogP contribution is -2.40. The standard InChI is InChI=1S/C31H58N2O5/c1-3-5-6-7-8-9-10-11-12-13-14-15-19-25-30(35)38-27(21-4-2)22-17-16-18-24-29(34)33-28(31(36)37)23-20-26-32/h9-10,27-28H,3-8,11-26,32H2,1-2H3,(H,33,34)(H,36,37)/b10-9-. The zero-order chi connectivity index (χ0) is 28.3. The predicted molar refractivity (Wildman–Crippen MR) is 156 cm³/mol. The van der Waals surface area contributed by atoms with Crippen molar-refractivity contribution in [2.24, 2.45) is 5.73 Å². The van der Waals surface area contributed by atoms with Crippen molar-refractivity contribution < 1.29 is 24.2 Å². The molecule has 0 bridgehead atoms. The summed E-state index contributed by atoms with van der Waals surface area (Å²) in [7, 11) is 0. The molecule has 0 aromatic heterocycles. The molecule has 0 saturated carbocycles. The highest BCUT2D eigenvalue weighted by molar-refractivity contribution is 5.83. The third-order valence-corrected chi connectivity index (χ3v) is 6.81. The molecule has 222 valence electrons. The van der Waals surface area contributed by atoms with E-state index in [-0.39, 0.29) is 18.0 Å². The fourth-order valence-corrected chi connectivity index (χ4v) is 4.50. The van der Waals surface area contributed by atoms with Crippen LogP contribution in [0.3, 0.4) is 0 Å². The number of esters is 1. The van der Waals surface area contributed by atoms with Crippen molar-refractivity contribution in [3.05, 3.63) is 12.2 Å². The van der Waals surface area contributed by atoms with Crippen molar-refractivity contribution in [3.8, 4) is 0 Å². The van der Waals surface area contributed by atoms with E-state index in [2.05, 4.69) is 31.3 Å². The molecule has 0 aromatic rings. The van der Waals surface area contributed by atoms with E-state index in [0.29, 0.717) is 38.6 Å². The van der Waals surface area contributed by atoms with E-state index in [9.17, 15) is 19.5 Å². The van der Waals surface area contributed by atoms with E-state index in [1.54, 1.807) is 0 Å². The molecule has 7 heteroatoms. The van der Waals surface area contributed by atoms with Crippen LogP contribution in [-0.4, -0.2) is 41.6 Å². The summed E-state index contributed by atoms with van der Waals surface area (Å²) in [5.41, 5.74) is 5.43. The fourth-order valence-electron chi connectivity index (χ4n) is 4.50. The van der Waals surface area contributed by atoms with Crippen LogP contribution in [0.25, 0.3) is 0 Å². The zero-order valence-electron chi connectivity index (χ0n) is 24.5. The number of nitrogens with two attached hydrogens (primary N) is 1. The quantitative estimate of drug-likeness (QED) is 0.0577. The van der Waals surface area contributed by atoms with Crippen molar-refractivity contribution in [2.45, 2.75) is 161 Å². The van der Waals surface area contributed by atoms with Gasteiger partial charge in [0.1, 0.15) is 12.1 Å². The number of carbonyl (C=O) groups is 3. The number of unbranched alkanes of at least 4 members (excludes halogenated alkanes) is 11. The van der Waals surface area contributed by atoms with Crippen LogP contribution in [0.4, 0.5) is 0 Å². The van der Waals surface area contributed by atoms with Crippen molar-refractivity contribution >= 4 is 17.8 Å². The summed E-state index contributed by atoms with van der Waals surface area (Å²) in [6.07, 6.45) is 24.6. The van der Waals surface area contributed by atoms with Crippen molar-refractivity contribution in [1.82, 2.24) is 5.32 Å². The Morgan fingerprint density at radius 1 is 0.737 bits per heavy atom. The molecular formula is C31H58N2O5. The van der Waals surface area contributed by atoms with E-state index in [4.69, 9.17) is 10.5 Å². The Morgan fingerprint density at radius 2 is 1.34 bits per heavy atom. The second kappa shape index (κ2) is 26.7. The third kappa shape index (κ3) is 23.2. The molecule has 0 aliphatic heterocycles. The molecular weight excluding hydrogens is 480 g/mol. The van der Waals surface area contributed by atoms with Gasteiger partial charge in [0.25, 0.3) is 0 Å². The van der Waals surface area contributed by atoms with Gasteiger partial charge >= 0.3 is 11.9 Å². The van der Waals surface area contributed by atoms with Gasteiger partial charge in [-0.3, -0.25) is 9.59 Å². The number of aliphatic carboxylic acids is 1. The highest BCUT2D eigenvalue weighted by atomic mass is 16.5. The fraction of sp³-hybridized carbons (Fsp3) is 0.839. The number of ether oxygens (including phenoxy) is 1. The summed E-state index contributed by atoms with van der Waals surface area (Å²) in [5, 5.41) is 11.8.